The Morgan fingerprint density at radius 1 is 1.15 bits per heavy atom. The second-order valence-corrected chi connectivity index (χ2v) is 9.60. The van der Waals surface area contributed by atoms with Crippen LogP contribution in [-0.2, 0) is 6.42 Å². The van der Waals surface area contributed by atoms with Crippen molar-refractivity contribution in [3.63, 3.8) is 0 Å². The van der Waals surface area contributed by atoms with Crippen LogP contribution >= 0.6 is 46.2 Å². The smallest absolute Gasteiger partial charge is 0.210 e. The predicted octanol–water partition coefficient (Wildman–Crippen LogP) is 5.83. The lowest BCUT2D eigenvalue weighted by atomic mass is 10.1. The van der Waals surface area contributed by atoms with Crippen LogP contribution in [0.4, 0.5) is 10.8 Å². The molecule has 0 saturated carbocycles. The highest BCUT2D eigenvalue weighted by Crippen LogP contribution is 2.37. The molecule has 0 radical (unpaired) electrons. The Morgan fingerprint density at radius 3 is 2.65 bits per heavy atom. The lowest BCUT2D eigenvalue weighted by Crippen LogP contribution is -1.90. The van der Waals surface area contributed by atoms with Crippen LogP contribution in [0.2, 0.25) is 0 Å². The number of hydrogen-bond donors (Lipinski definition) is 1. The molecule has 3 rings (SSSR count). The number of unbranched alkanes of at least 4 members (excludes halogenated alkanes) is 1. The highest BCUT2D eigenvalue weighted by Gasteiger charge is 2.15. The number of thiazole rings is 1. The van der Waals surface area contributed by atoms with Crippen LogP contribution in [0, 0.1) is 11.3 Å². The molecule has 3 aromatic rings. The van der Waals surface area contributed by atoms with Crippen molar-refractivity contribution in [2.24, 2.45) is 0 Å². The highest BCUT2D eigenvalue weighted by atomic mass is 32.2. The molecule has 0 aliphatic heterocycles. The molecule has 26 heavy (non-hydrogen) atoms. The van der Waals surface area contributed by atoms with Crippen LogP contribution in [-0.4, -0.2) is 21.4 Å². The zero-order chi connectivity index (χ0) is 18.4. The quantitative estimate of drug-likeness (QED) is 0.461. The Hall–Kier alpha value is -1.60. The van der Waals surface area contributed by atoms with Gasteiger partial charge in [0.1, 0.15) is 16.0 Å². The summed E-state index contributed by atoms with van der Waals surface area (Å²) >= 11 is 5.79. The highest BCUT2D eigenvalue weighted by molar-refractivity contribution is 8.01. The maximum Gasteiger partial charge on any atom is 0.210 e. The van der Waals surface area contributed by atoms with E-state index in [1.165, 1.54) is 52.8 Å². The van der Waals surface area contributed by atoms with E-state index >= 15 is 0 Å². The molecule has 0 aliphatic carbocycles. The summed E-state index contributed by atoms with van der Waals surface area (Å²) in [6.07, 6.45) is 5.48. The number of aryl methyl sites for hydroxylation is 1. The number of nitrogens with zero attached hydrogens (tertiary/aromatic N) is 4. The van der Waals surface area contributed by atoms with Gasteiger partial charge in [-0.05, 0) is 48.6 Å². The molecule has 2 aromatic heterocycles. The molecular formula is C17H17N5S4. The van der Waals surface area contributed by atoms with E-state index in [9.17, 15) is 5.26 Å². The molecule has 0 unspecified atom stereocenters. The Kier molecular flexibility index (Phi) is 6.91. The van der Waals surface area contributed by atoms with Crippen LogP contribution < -0.4 is 5.32 Å². The number of rotatable bonds is 8. The first-order chi connectivity index (χ1) is 12.7. The lowest BCUT2D eigenvalue weighted by molar-refractivity contribution is 0.795. The third-order valence-electron chi connectivity index (χ3n) is 3.47. The number of nitriles is 1. The fourth-order valence-corrected chi connectivity index (χ4v) is 5.44. The van der Waals surface area contributed by atoms with Crippen molar-refractivity contribution in [1.29, 1.82) is 5.26 Å². The average molecular weight is 420 g/mol. The predicted molar refractivity (Wildman–Crippen MR) is 111 cm³/mol. The number of nitrogens with one attached hydrogen (secondary N) is 1. The molecule has 134 valence electrons. The van der Waals surface area contributed by atoms with Crippen LogP contribution in [0.15, 0.2) is 38.0 Å². The molecular weight excluding hydrogens is 402 g/mol. The number of aromatic nitrogens is 3. The summed E-state index contributed by atoms with van der Waals surface area (Å²) in [7, 11) is 0. The first-order valence-corrected chi connectivity index (χ1v) is 11.7. The molecule has 0 atom stereocenters. The first kappa shape index (κ1) is 19.2. The molecule has 2 heterocycles. The van der Waals surface area contributed by atoms with Gasteiger partial charge in [-0.2, -0.15) is 5.26 Å². The summed E-state index contributed by atoms with van der Waals surface area (Å²) in [4.78, 5) is 5.08. The number of hydrogen-bond acceptors (Lipinski definition) is 9. The first-order valence-electron chi connectivity index (χ1n) is 8.04. The van der Waals surface area contributed by atoms with E-state index in [4.69, 9.17) is 0 Å². The van der Waals surface area contributed by atoms with Gasteiger partial charge in [0.05, 0.1) is 0 Å². The van der Waals surface area contributed by atoms with Crippen molar-refractivity contribution in [3.8, 4) is 6.07 Å². The molecule has 5 nitrogen and oxygen atoms in total. The van der Waals surface area contributed by atoms with Crippen LogP contribution in [0.25, 0.3) is 0 Å². The third-order valence-corrected chi connectivity index (χ3v) is 7.42. The Bertz CT molecular complexity index is 895. The van der Waals surface area contributed by atoms with Crippen molar-refractivity contribution in [3.05, 3.63) is 34.7 Å². The summed E-state index contributed by atoms with van der Waals surface area (Å²) in [5.74, 6) is 0. The van der Waals surface area contributed by atoms with Crippen molar-refractivity contribution >= 4 is 57.0 Å². The lowest BCUT2D eigenvalue weighted by Gasteiger charge is -2.04. The molecule has 0 spiro atoms. The van der Waals surface area contributed by atoms with E-state index in [-0.39, 0.29) is 0 Å². The van der Waals surface area contributed by atoms with Crippen LogP contribution in [0.1, 0.15) is 30.2 Å². The Morgan fingerprint density at radius 2 is 1.96 bits per heavy atom. The molecule has 9 heteroatoms. The van der Waals surface area contributed by atoms with Gasteiger partial charge in [0.25, 0.3) is 0 Å². The normalized spacial score (nSPS) is 10.7. The van der Waals surface area contributed by atoms with Gasteiger partial charge in [-0.15, -0.1) is 10.2 Å². The van der Waals surface area contributed by atoms with Crippen molar-refractivity contribution in [2.45, 2.75) is 39.9 Å². The van der Waals surface area contributed by atoms with Gasteiger partial charge < -0.3 is 5.32 Å². The van der Waals surface area contributed by atoms with Crippen molar-refractivity contribution < 1.29 is 0 Å². The van der Waals surface area contributed by atoms with E-state index < -0.39 is 0 Å². The summed E-state index contributed by atoms with van der Waals surface area (Å²) < 4.78 is 1.65. The topological polar surface area (TPSA) is 74.5 Å². The van der Waals surface area contributed by atoms with Crippen molar-refractivity contribution in [2.75, 3.05) is 11.6 Å². The van der Waals surface area contributed by atoms with Crippen molar-refractivity contribution in [1.82, 2.24) is 15.2 Å². The second kappa shape index (κ2) is 9.37. The Balaban J connectivity index is 1.65. The van der Waals surface area contributed by atoms with E-state index in [0.717, 1.165) is 25.9 Å². The van der Waals surface area contributed by atoms with E-state index in [1.54, 1.807) is 11.8 Å². The van der Waals surface area contributed by atoms with Gasteiger partial charge in [0.15, 0.2) is 8.68 Å². The molecule has 1 aromatic carbocycles. The minimum atomic E-state index is 0.617. The summed E-state index contributed by atoms with van der Waals surface area (Å²) in [6, 6.07) is 10.6. The van der Waals surface area contributed by atoms with Gasteiger partial charge in [-0.1, -0.05) is 59.9 Å². The van der Waals surface area contributed by atoms with Crippen LogP contribution in [0.5, 0.6) is 0 Å². The zero-order valence-electron chi connectivity index (χ0n) is 14.4. The standard InChI is InChI=1S/C17H17N5S4/c1-3-4-5-11-6-8-12(9-7-11)19-15-21-22-17(26-15)25-14-13(10-18)24-16(20-14)23-2/h6-9H,3-5H2,1-2H3,(H,19,21). The van der Waals surface area contributed by atoms with Gasteiger partial charge in [-0.3, -0.25) is 0 Å². The summed E-state index contributed by atoms with van der Waals surface area (Å²) in [6.45, 7) is 2.20. The van der Waals surface area contributed by atoms with Gasteiger partial charge in [-0.25, -0.2) is 4.98 Å². The van der Waals surface area contributed by atoms with Gasteiger partial charge >= 0.3 is 0 Å². The fourth-order valence-electron chi connectivity index (χ4n) is 2.16. The molecule has 0 saturated heterocycles. The SMILES string of the molecule is CCCCc1ccc(Nc2nnc(Sc3nc(SC)sc3C#N)s2)cc1. The maximum absolute atomic E-state index is 9.23. The van der Waals surface area contributed by atoms with Gasteiger partial charge in [0.2, 0.25) is 5.13 Å². The number of benzene rings is 1. The molecule has 0 bridgehead atoms. The van der Waals surface area contributed by atoms with Crippen LogP contribution in [0.3, 0.4) is 0 Å². The third kappa shape index (κ3) is 4.98. The summed E-state index contributed by atoms with van der Waals surface area (Å²) in [5, 5.41) is 22.3. The molecule has 0 aliphatic rings. The minimum absolute atomic E-state index is 0.617. The Labute approximate surface area is 169 Å². The number of anilines is 2. The van der Waals surface area contributed by atoms with E-state index in [1.807, 2.05) is 6.26 Å². The van der Waals surface area contributed by atoms with Gasteiger partial charge in [0, 0.05) is 5.69 Å². The van der Waals surface area contributed by atoms with E-state index in [0.29, 0.717) is 9.90 Å². The molecule has 0 fully saturated rings. The second-order valence-electron chi connectivity index (χ2n) is 5.33. The largest absolute Gasteiger partial charge is 0.330 e. The zero-order valence-corrected chi connectivity index (χ0v) is 17.6. The number of thioether (sulfide) groups is 1. The maximum atomic E-state index is 9.23. The molecule has 0 amide bonds. The minimum Gasteiger partial charge on any atom is -0.330 e. The monoisotopic (exact) mass is 419 g/mol. The molecule has 1 N–H and O–H groups in total. The fraction of sp³-hybridized carbons (Fsp3) is 0.294. The summed E-state index contributed by atoms with van der Waals surface area (Å²) in [5.41, 5.74) is 2.34. The average Bonchev–Trinajstić information content (AvgIpc) is 3.27. The van der Waals surface area contributed by atoms with E-state index in [2.05, 4.69) is 57.8 Å².